The molecule has 2 heterocycles. The van der Waals surface area contributed by atoms with Crippen LogP contribution in [0.1, 0.15) is 31.9 Å². The van der Waals surface area contributed by atoms with E-state index in [0.717, 1.165) is 24.3 Å². The fourth-order valence-corrected chi connectivity index (χ4v) is 2.85. The van der Waals surface area contributed by atoms with Crippen LogP contribution in [-0.4, -0.2) is 29.6 Å². The number of aromatic nitrogens is 1. The average Bonchev–Trinajstić information content (AvgIpc) is 3.21. The highest BCUT2D eigenvalue weighted by Gasteiger charge is 2.22. The molecule has 0 saturated carbocycles. The molecule has 132 valence electrons. The van der Waals surface area contributed by atoms with Crippen LogP contribution in [-0.2, 0) is 9.59 Å². The molecule has 1 aliphatic rings. The number of hydrogen-bond acceptors (Lipinski definition) is 5. The van der Waals surface area contributed by atoms with Gasteiger partial charge in [-0.1, -0.05) is 12.1 Å². The fourth-order valence-electron chi connectivity index (χ4n) is 2.85. The standard InChI is InChI=1S/C18H22N4O3/c1-3-15(18(24)20-16-11-12(2)25-21-16)19-13-6-8-14(9-7-13)22-10-4-5-17(22)23/h6-9,11,15,19H,3-5,10H2,1-2H3,(H,20,21,24)/t15-/m0/s1. The van der Waals surface area contributed by atoms with Gasteiger partial charge in [-0.25, -0.2) is 0 Å². The Kier molecular flexibility index (Phi) is 5.02. The van der Waals surface area contributed by atoms with E-state index >= 15 is 0 Å². The largest absolute Gasteiger partial charge is 0.374 e. The zero-order chi connectivity index (χ0) is 17.8. The van der Waals surface area contributed by atoms with E-state index in [2.05, 4.69) is 15.8 Å². The lowest BCUT2D eigenvalue weighted by molar-refractivity contribution is -0.117. The minimum Gasteiger partial charge on any atom is -0.374 e. The Morgan fingerprint density at radius 2 is 2.12 bits per heavy atom. The number of anilines is 3. The maximum Gasteiger partial charge on any atom is 0.248 e. The van der Waals surface area contributed by atoms with Gasteiger partial charge < -0.3 is 20.1 Å². The highest BCUT2D eigenvalue weighted by Crippen LogP contribution is 2.23. The molecule has 1 aromatic heterocycles. The molecule has 2 N–H and O–H groups in total. The molecule has 1 atom stereocenters. The van der Waals surface area contributed by atoms with Gasteiger partial charge in [-0.2, -0.15) is 0 Å². The van der Waals surface area contributed by atoms with Crippen LogP contribution in [0.4, 0.5) is 17.2 Å². The zero-order valence-corrected chi connectivity index (χ0v) is 14.4. The Bertz CT molecular complexity index is 754. The third-order valence-electron chi connectivity index (χ3n) is 4.20. The van der Waals surface area contributed by atoms with Crippen molar-refractivity contribution in [1.82, 2.24) is 5.16 Å². The minimum atomic E-state index is -0.392. The molecular weight excluding hydrogens is 320 g/mol. The van der Waals surface area contributed by atoms with Crippen LogP contribution in [0.25, 0.3) is 0 Å². The summed E-state index contributed by atoms with van der Waals surface area (Å²) in [5.41, 5.74) is 1.72. The van der Waals surface area contributed by atoms with E-state index in [1.165, 1.54) is 0 Å². The van der Waals surface area contributed by atoms with Crippen LogP contribution < -0.4 is 15.5 Å². The molecule has 1 saturated heterocycles. The summed E-state index contributed by atoms with van der Waals surface area (Å²) in [7, 11) is 0. The Labute approximate surface area is 146 Å². The van der Waals surface area contributed by atoms with Crippen molar-refractivity contribution in [3.63, 3.8) is 0 Å². The van der Waals surface area contributed by atoms with E-state index in [9.17, 15) is 9.59 Å². The minimum absolute atomic E-state index is 0.162. The first kappa shape index (κ1) is 17.0. The van der Waals surface area contributed by atoms with Crippen LogP contribution >= 0.6 is 0 Å². The molecule has 0 bridgehead atoms. The van der Waals surface area contributed by atoms with Gasteiger partial charge in [0.2, 0.25) is 11.8 Å². The number of nitrogens with one attached hydrogen (secondary N) is 2. The maximum absolute atomic E-state index is 12.4. The van der Waals surface area contributed by atoms with Crippen LogP contribution in [0.15, 0.2) is 34.9 Å². The van der Waals surface area contributed by atoms with Gasteiger partial charge in [0.15, 0.2) is 5.82 Å². The molecule has 2 aromatic rings. The molecular formula is C18H22N4O3. The number of benzene rings is 1. The molecule has 0 aliphatic carbocycles. The Morgan fingerprint density at radius 3 is 2.68 bits per heavy atom. The summed E-state index contributed by atoms with van der Waals surface area (Å²) in [5, 5.41) is 9.72. The highest BCUT2D eigenvalue weighted by molar-refractivity contribution is 5.96. The molecule has 7 heteroatoms. The summed E-state index contributed by atoms with van der Waals surface area (Å²) in [5.74, 6) is 1.04. The normalized spacial score (nSPS) is 15.3. The third kappa shape index (κ3) is 3.99. The van der Waals surface area contributed by atoms with Gasteiger partial charge in [0.25, 0.3) is 0 Å². The van der Waals surface area contributed by atoms with Crippen molar-refractivity contribution >= 4 is 29.0 Å². The highest BCUT2D eigenvalue weighted by atomic mass is 16.5. The number of amides is 2. The van der Waals surface area contributed by atoms with Crippen molar-refractivity contribution in [2.75, 3.05) is 22.1 Å². The number of hydrogen-bond donors (Lipinski definition) is 2. The molecule has 0 radical (unpaired) electrons. The third-order valence-corrected chi connectivity index (χ3v) is 4.20. The predicted molar refractivity (Wildman–Crippen MR) is 95.6 cm³/mol. The van der Waals surface area contributed by atoms with Crippen LogP contribution in [0.3, 0.4) is 0 Å². The molecule has 1 aliphatic heterocycles. The molecule has 1 aromatic carbocycles. The predicted octanol–water partition coefficient (Wildman–Crippen LogP) is 2.94. The van der Waals surface area contributed by atoms with Gasteiger partial charge in [-0.3, -0.25) is 9.59 Å². The SMILES string of the molecule is CC[C@H](Nc1ccc(N2CCCC2=O)cc1)C(=O)Nc1cc(C)on1. The van der Waals surface area contributed by atoms with Crippen molar-refractivity contribution in [2.45, 2.75) is 39.2 Å². The second-order valence-corrected chi connectivity index (χ2v) is 6.11. The van der Waals surface area contributed by atoms with Crippen LogP contribution in [0.5, 0.6) is 0 Å². The van der Waals surface area contributed by atoms with Gasteiger partial charge in [0, 0.05) is 30.4 Å². The second-order valence-electron chi connectivity index (χ2n) is 6.11. The maximum atomic E-state index is 12.4. The number of carbonyl (C=O) groups excluding carboxylic acids is 2. The molecule has 2 amide bonds. The zero-order valence-electron chi connectivity index (χ0n) is 14.4. The van der Waals surface area contributed by atoms with Crippen molar-refractivity contribution < 1.29 is 14.1 Å². The molecule has 0 unspecified atom stereocenters. The van der Waals surface area contributed by atoms with E-state index in [4.69, 9.17) is 4.52 Å². The first-order valence-electron chi connectivity index (χ1n) is 8.48. The van der Waals surface area contributed by atoms with Crippen molar-refractivity contribution in [1.29, 1.82) is 0 Å². The summed E-state index contributed by atoms with van der Waals surface area (Å²) >= 11 is 0. The summed E-state index contributed by atoms with van der Waals surface area (Å²) in [6, 6.07) is 8.85. The summed E-state index contributed by atoms with van der Waals surface area (Å²) in [4.78, 5) is 26.0. The summed E-state index contributed by atoms with van der Waals surface area (Å²) < 4.78 is 4.95. The summed E-state index contributed by atoms with van der Waals surface area (Å²) in [6.07, 6.45) is 2.13. The van der Waals surface area contributed by atoms with E-state index in [0.29, 0.717) is 24.4 Å². The van der Waals surface area contributed by atoms with Gasteiger partial charge in [0.1, 0.15) is 11.8 Å². The fraction of sp³-hybridized carbons (Fsp3) is 0.389. The molecule has 0 spiro atoms. The topological polar surface area (TPSA) is 87.5 Å². The first-order chi connectivity index (χ1) is 12.1. The molecule has 3 rings (SSSR count). The number of nitrogens with zero attached hydrogens (tertiary/aromatic N) is 2. The monoisotopic (exact) mass is 342 g/mol. The van der Waals surface area contributed by atoms with Crippen LogP contribution in [0, 0.1) is 6.92 Å². The van der Waals surface area contributed by atoms with Gasteiger partial charge in [0.05, 0.1) is 0 Å². The van der Waals surface area contributed by atoms with E-state index in [1.807, 2.05) is 31.2 Å². The van der Waals surface area contributed by atoms with Crippen molar-refractivity contribution in [3.8, 4) is 0 Å². The number of rotatable bonds is 6. The van der Waals surface area contributed by atoms with Crippen LogP contribution in [0.2, 0.25) is 0 Å². The number of carbonyl (C=O) groups is 2. The number of aryl methyl sites for hydroxylation is 1. The smallest absolute Gasteiger partial charge is 0.248 e. The van der Waals surface area contributed by atoms with Gasteiger partial charge in [-0.15, -0.1) is 0 Å². The lowest BCUT2D eigenvalue weighted by Gasteiger charge is -2.19. The van der Waals surface area contributed by atoms with Gasteiger partial charge in [-0.05, 0) is 44.0 Å². The quantitative estimate of drug-likeness (QED) is 0.843. The molecule has 25 heavy (non-hydrogen) atoms. The Hall–Kier alpha value is -2.83. The Morgan fingerprint density at radius 1 is 1.36 bits per heavy atom. The van der Waals surface area contributed by atoms with E-state index in [-0.39, 0.29) is 11.8 Å². The van der Waals surface area contributed by atoms with E-state index in [1.54, 1.807) is 17.9 Å². The second kappa shape index (κ2) is 7.38. The van der Waals surface area contributed by atoms with Crippen molar-refractivity contribution in [3.05, 3.63) is 36.1 Å². The molecule has 7 nitrogen and oxygen atoms in total. The lowest BCUT2D eigenvalue weighted by Crippen LogP contribution is -2.34. The van der Waals surface area contributed by atoms with Gasteiger partial charge >= 0.3 is 0 Å². The summed E-state index contributed by atoms with van der Waals surface area (Å²) in [6.45, 7) is 4.47. The first-order valence-corrected chi connectivity index (χ1v) is 8.48. The molecule has 1 fully saturated rings. The Balaban J connectivity index is 1.63. The lowest BCUT2D eigenvalue weighted by atomic mass is 10.2. The van der Waals surface area contributed by atoms with Crippen molar-refractivity contribution in [2.24, 2.45) is 0 Å². The van der Waals surface area contributed by atoms with E-state index < -0.39 is 6.04 Å². The average molecular weight is 342 g/mol.